The largest absolute Gasteiger partial charge is 0.482 e. The maximum absolute atomic E-state index is 11.6. The summed E-state index contributed by atoms with van der Waals surface area (Å²) in [6.45, 7) is 5.36. The molecule has 0 bridgehead atoms. The van der Waals surface area contributed by atoms with Crippen LogP contribution in [0, 0.1) is 0 Å². The second-order valence-electron chi connectivity index (χ2n) is 5.17. The van der Waals surface area contributed by atoms with Crippen LogP contribution in [-0.2, 0) is 9.53 Å². The lowest BCUT2D eigenvalue weighted by atomic mass is 10.2. The molecule has 0 unspecified atom stereocenters. The second-order valence-corrected chi connectivity index (χ2v) is 5.17. The first-order chi connectivity index (χ1) is 8.83. The van der Waals surface area contributed by atoms with E-state index in [0.29, 0.717) is 17.1 Å². The molecule has 0 aliphatic carbocycles. The first-order valence-corrected chi connectivity index (χ1v) is 5.90. The van der Waals surface area contributed by atoms with E-state index in [2.05, 4.69) is 10.6 Å². The first-order valence-electron chi connectivity index (χ1n) is 5.90. The summed E-state index contributed by atoms with van der Waals surface area (Å²) < 4.78 is 10.4. The molecular weight excluding hydrogens is 248 g/mol. The van der Waals surface area contributed by atoms with Crippen LogP contribution in [-0.4, -0.2) is 24.2 Å². The predicted octanol–water partition coefficient (Wildman–Crippen LogP) is 2.36. The number of hydrogen-bond donors (Lipinski definition) is 2. The number of carbonyl (C=O) groups is 2. The van der Waals surface area contributed by atoms with Gasteiger partial charge in [0.05, 0.1) is 5.69 Å². The third kappa shape index (κ3) is 3.61. The number of carbonyl (C=O) groups excluding carboxylic acids is 2. The molecular formula is C13H16N2O4. The quantitative estimate of drug-likeness (QED) is 0.816. The van der Waals surface area contributed by atoms with E-state index in [1.165, 1.54) is 0 Å². The van der Waals surface area contributed by atoms with Crippen LogP contribution in [0.2, 0.25) is 0 Å². The summed E-state index contributed by atoms with van der Waals surface area (Å²) in [5.74, 6) is 0.358. The standard InChI is InChI=1S/C13H16N2O4/c1-13(2,3)19-12(17)14-8-4-5-10-9(6-8)15-11(16)7-18-10/h4-6H,7H2,1-3H3,(H,14,17)(H,15,16). The van der Waals surface area contributed by atoms with Crippen molar-refractivity contribution in [2.24, 2.45) is 0 Å². The van der Waals surface area contributed by atoms with Crippen molar-refractivity contribution in [2.45, 2.75) is 26.4 Å². The fraction of sp³-hybridized carbons (Fsp3) is 0.385. The van der Waals surface area contributed by atoms with Gasteiger partial charge < -0.3 is 14.8 Å². The van der Waals surface area contributed by atoms with Gasteiger partial charge in [0, 0.05) is 5.69 Å². The summed E-state index contributed by atoms with van der Waals surface area (Å²) in [5, 5.41) is 5.26. The van der Waals surface area contributed by atoms with Crippen molar-refractivity contribution in [1.82, 2.24) is 0 Å². The lowest BCUT2D eigenvalue weighted by Crippen LogP contribution is -2.28. The summed E-state index contributed by atoms with van der Waals surface area (Å²) in [6.07, 6.45) is -0.546. The molecule has 102 valence electrons. The summed E-state index contributed by atoms with van der Waals surface area (Å²) in [4.78, 5) is 22.8. The van der Waals surface area contributed by atoms with Gasteiger partial charge in [0.2, 0.25) is 0 Å². The summed E-state index contributed by atoms with van der Waals surface area (Å²) >= 11 is 0. The Balaban J connectivity index is 2.08. The van der Waals surface area contributed by atoms with E-state index < -0.39 is 11.7 Å². The van der Waals surface area contributed by atoms with Gasteiger partial charge in [-0.3, -0.25) is 10.1 Å². The number of hydrogen-bond acceptors (Lipinski definition) is 4. The predicted molar refractivity (Wildman–Crippen MR) is 70.4 cm³/mol. The van der Waals surface area contributed by atoms with Crippen LogP contribution in [0.25, 0.3) is 0 Å². The molecule has 2 rings (SSSR count). The lowest BCUT2D eigenvalue weighted by molar-refractivity contribution is -0.118. The molecule has 1 aromatic rings. The maximum Gasteiger partial charge on any atom is 0.412 e. The highest BCUT2D eigenvalue weighted by Gasteiger charge is 2.18. The van der Waals surface area contributed by atoms with E-state index in [-0.39, 0.29) is 12.5 Å². The van der Waals surface area contributed by atoms with E-state index in [1.807, 2.05) is 0 Å². The smallest absolute Gasteiger partial charge is 0.412 e. The van der Waals surface area contributed by atoms with Gasteiger partial charge in [0.1, 0.15) is 11.4 Å². The van der Waals surface area contributed by atoms with Crippen molar-refractivity contribution in [1.29, 1.82) is 0 Å². The van der Waals surface area contributed by atoms with Gasteiger partial charge in [-0.2, -0.15) is 0 Å². The molecule has 1 heterocycles. The maximum atomic E-state index is 11.6. The minimum atomic E-state index is -0.560. The zero-order valence-electron chi connectivity index (χ0n) is 11.1. The minimum Gasteiger partial charge on any atom is -0.482 e. The van der Waals surface area contributed by atoms with Crippen molar-refractivity contribution in [3.8, 4) is 5.75 Å². The topological polar surface area (TPSA) is 76.7 Å². The molecule has 0 aromatic heterocycles. The average Bonchev–Trinajstić information content (AvgIpc) is 2.25. The van der Waals surface area contributed by atoms with Crippen LogP contribution < -0.4 is 15.4 Å². The van der Waals surface area contributed by atoms with E-state index in [9.17, 15) is 9.59 Å². The highest BCUT2D eigenvalue weighted by Crippen LogP contribution is 2.30. The van der Waals surface area contributed by atoms with E-state index in [1.54, 1.807) is 39.0 Å². The zero-order chi connectivity index (χ0) is 14.0. The lowest BCUT2D eigenvalue weighted by Gasteiger charge is -2.21. The van der Waals surface area contributed by atoms with Crippen LogP contribution >= 0.6 is 0 Å². The Morgan fingerprint density at radius 2 is 2.16 bits per heavy atom. The SMILES string of the molecule is CC(C)(C)OC(=O)Nc1ccc2c(c1)NC(=O)CO2. The van der Waals surface area contributed by atoms with Gasteiger partial charge in [-0.25, -0.2) is 4.79 Å². The summed E-state index contributed by atoms with van der Waals surface area (Å²) in [7, 11) is 0. The number of ether oxygens (including phenoxy) is 2. The molecule has 1 aromatic carbocycles. The molecule has 0 spiro atoms. The van der Waals surface area contributed by atoms with Gasteiger partial charge in [0.15, 0.2) is 6.61 Å². The molecule has 1 aliphatic rings. The zero-order valence-corrected chi connectivity index (χ0v) is 11.1. The third-order valence-corrected chi connectivity index (χ3v) is 2.26. The first kappa shape index (κ1) is 13.2. The molecule has 0 fully saturated rings. The summed E-state index contributed by atoms with van der Waals surface area (Å²) in [6, 6.07) is 4.98. The van der Waals surface area contributed by atoms with Crippen LogP contribution in [0.5, 0.6) is 5.75 Å². The Morgan fingerprint density at radius 1 is 1.42 bits per heavy atom. The van der Waals surface area contributed by atoms with E-state index >= 15 is 0 Å². The van der Waals surface area contributed by atoms with Crippen molar-refractivity contribution in [2.75, 3.05) is 17.2 Å². The van der Waals surface area contributed by atoms with Gasteiger partial charge in [0.25, 0.3) is 5.91 Å². The molecule has 0 atom stereocenters. The van der Waals surface area contributed by atoms with Gasteiger partial charge >= 0.3 is 6.09 Å². The number of rotatable bonds is 1. The Kier molecular flexibility index (Phi) is 3.33. The van der Waals surface area contributed by atoms with Crippen molar-refractivity contribution in [3.05, 3.63) is 18.2 Å². The number of benzene rings is 1. The third-order valence-electron chi connectivity index (χ3n) is 2.26. The molecule has 6 heteroatoms. The van der Waals surface area contributed by atoms with Crippen molar-refractivity contribution < 1.29 is 19.1 Å². The van der Waals surface area contributed by atoms with E-state index in [0.717, 1.165) is 0 Å². The molecule has 0 saturated heterocycles. The van der Waals surface area contributed by atoms with Crippen molar-refractivity contribution >= 4 is 23.4 Å². The molecule has 0 radical (unpaired) electrons. The molecule has 0 saturated carbocycles. The average molecular weight is 264 g/mol. The Morgan fingerprint density at radius 3 is 2.84 bits per heavy atom. The highest BCUT2D eigenvalue weighted by molar-refractivity contribution is 5.96. The number of fused-ring (bicyclic) bond motifs is 1. The molecule has 2 N–H and O–H groups in total. The molecule has 2 amide bonds. The minimum absolute atomic E-state index is 0.00579. The fourth-order valence-electron chi connectivity index (χ4n) is 1.58. The Bertz CT molecular complexity index is 520. The van der Waals surface area contributed by atoms with Gasteiger partial charge in [-0.1, -0.05) is 0 Å². The van der Waals surface area contributed by atoms with Crippen LogP contribution in [0.15, 0.2) is 18.2 Å². The van der Waals surface area contributed by atoms with Crippen LogP contribution in [0.3, 0.4) is 0 Å². The van der Waals surface area contributed by atoms with E-state index in [4.69, 9.17) is 9.47 Å². The number of anilines is 2. The monoisotopic (exact) mass is 264 g/mol. The normalized spacial score (nSPS) is 13.9. The molecule has 6 nitrogen and oxygen atoms in total. The Hall–Kier alpha value is -2.24. The van der Waals surface area contributed by atoms with Gasteiger partial charge in [-0.15, -0.1) is 0 Å². The van der Waals surface area contributed by atoms with Gasteiger partial charge in [-0.05, 0) is 39.0 Å². The van der Waals surface area contributed by atoms with Crippen LogP contribution in [0.4, 0.5) is 16.2 Å². The van der Waals surface area contributed by atoms with Crippen molar-refractivity contribution in [3.63, 3.8) is 0 Å². The number of nitrogens with one attached hydrogen (secondary N) is 2. The number of amides is 2. The second kappa shape index (κ2) is 4.79. The Labute approximate surface area is 111 Å². The van der Waals surface area contributed by atoms with Crippen LogP contribution in [0.1, 0.15) is 20.8 Å². The fourth-order valence-corrected chi connectivity index (χ4v) is 1.58. The highest BCUT2D eigenvalue weighted by atomic mass is 16.6. The molecule has 19 heavy (non-hydrogen) atoms. The summed E-state index contributed by atoms with van der Waals surface area (Å²) in [5.41, 5.74) is 0.499. The molecule has 1 aliphatic heterocycles.